The summed E-state index contributed by atoms with van der Waals surface area (Å²) in [6.07, 6.45) is 3.23. The van der Waals surface area contributed by atoms with Crippen molar-refractivity contribution in [3.8, 4) is 0 Å². The zero-order valence-electron chi connectivity index (χ0n) is 10.1. The highest BCUT2D eigenvalue weighted by Gasteiger charge is 2.07. The van der Waals surface area contributed by atoms with E-state index in [9.17, 15) is 4.79 Å². The first-order chi connectivity index (χ1) is 8.79. The van der Waals surface area contributed by atoms with Crippen molar-refractivity contribution in [2.24, 2.45) is 0 Å². The number of carbonyl (C=O) groups excluding carboxylic acids is 1. The highest BCUT2D eigenvalue weighted by atomic mass is 16.1. The molecule has 5 heteroatoms. The van der Waals surface area contributed by atoms with E-state index in [2.05, 4.69) is 20.6 Å². The number of carbonyl (C=O) groups is 1. The van der Waals surface area contributed by atoms with Gasteiger partial charge in [-0.2, -0.15) is 0 Å². The first-order valence-electron chi connectivity index (χ1n) is 5.72. The monoisotopic (exact) mass is 242 g/mol. The Bertz CT molecular complexity index is 528. The minimum Gasteiger partial charge on any atom is -0.370 e. The number of aromatic nitrogens is 2. The fourth-order valence-electron chi connectivity index (χ4n) is 1.47. The molecule has 0 spiro atoms. The molecule has 1 amide bonds. The lowest BCUT2D eigenvalue weighted by molar-refractivity contribution is 0.102. The first kappa shape index (κ1) is 12.0. The highest BCUT2D eigenvalue weighted by Crippen LogP contribution is 2.09. The number of anilines is 2. The third-order valence-corrected chi connectivity index (χ3v) is 2.29. The van der Waals surface area contributed by atoms with Gasteiger partial charge in [-0.3, -0.25) is 4.79 Å². The Labute approximate surface area is 105 Å². The number of pyridine rings is 2. The van der Waals surface area contributed by atoms with Gasteiger partial charge in [0, 0.05) is 24.5 Å². The van der Waals surface area contributed by atoms with E-state index in [1.54, 1.807) is 36.7 Å². The van der Waals surface area contributed by atoms with Crippen LogP contribution in [-0.2, 0) is 0 Å². The molecule has 2 aromatic heterocycles. The van der Waals surface area contributed by atoms with Crippen molar-refractivity contribution in [3.63, 3.8) is 0 Å². The van der Waals surface area contributed by atoms with Crippen molar-refractivity contribution in [1.82, 2.24) is 9.97 Å². The Morgan fingerprint density at radius 3 is 2.72 bits per heavy atom. The van der Waals surface area contributed by atoms with Crippen LogP contribution >= 0.6 is 0 Å². The van der Waals surface area contributed by atoms with Crippen molar-refractivity contribution < 1.29 is 4.79 Å². The smallest absolute Gasteiger partial charge is 0.257 e. The summed E-state index contributed by atoms with van der Waals surface area (Å²) in [6.45, 7) is 2.74. The molecule has 0 aliphatic rings. The quantitative estimate of drug-likeness (QED) is 0.862. The Morgan fingerprint density at radius 1 is 1.17 bits per heavy atom. The molecule has 0 aromatic carbocycles. The molecule has 2 heterocycles. The molecule has 0 saturated heterocycles. The van der Waals surface area contributed by atoms with Crippen LogP contribution in [0.2, 0.25) is 0 Å². The van der Waals surface area contributed by atoms with Gasteiger partial charge in [0.15, 0.2) is 0 Å². The van der Waals surface area contributed by atoms with Gasteiger partial charge in [0.05, 0.1) is 0 Å². The number of nitrogens with one attached hydrogen (secondary N) is 2. The van der Waals surface area contributed by atoms with Crippen molar-refractivity contribution in [3.05, 3.63) is 48.3 Å². The van der Waals surface area contributed by atoms with Crippen LogP contribution in [0.25, 0.3) is 0 Å². The van der Waals surface area contributed by atoms with E-state index in [0.29, 0.717) is 17.2 Å². The van der Waals surface area contributed by atoms with Crippen LogP contribution in [0.3, 0.4) is 0 Å². The van der Waals surface area contributed by atoms with Crippen molar-refractivity contribution >= 4 is 17.5 Å². The van der Waals surface area contributed by atoms with E-state index in [4.69, 9.17) is 0 Å². The van der Waals surface area contributed by atoms with Crippen molar-refractivity contribution in [2.45, 2.75) is 6.92 Å². The minimum atomic E-state index is -0.199. The Morgan fingerprint density at radius 2 is 2.00 bits per heavy atom. The minimum absolute atomic E-state index is 0.199. The van der Waals surface area contributed by atoms with Crippen LogP contribution in [0.4, 0.5) is 11.6 Å². The zero-order chi connectivity index (χ0) is 12.8. The SMILES string of the molecule is CCNc1cc(C(=O)Nc2ccccn2)ccn1. The van der Waals surface area contributed by atoms with Gasteiger partial charge in [-0.15, -0.1) is 0 Å². The summed E-state index contributed by atoms with van der Waals surface area (Å²) in [5.41, 5.74) is 0.548. The van der Waals surface area contributed by atoms with Crippen LogP contribution in [0.5, 0.6) is 0 Å². The maximum absolute atomic E-state index is 12.0. The third kappa shape index (κ3) is 3.04. The van der Waals surface area contributed by atoms with Gasteiger partial charge in [-0.25, -0.2) is 9.97 Å². The lowest BCUT2D eigenvalue weighted by atomic mass is 10.2. The summed E-state index contributed by atoms with van der Waals surface area (Å²) >= 11 is 0. The topological polar surface area (TPSA) is 66.9 Å². The average Bonchev–Trinajstić information content (AvgIpc) is 2.40. The maximum Gasteiger partial charge on any atom is 0.257 e. The molecule has 0 aliphatic carbocycles. The number of hydrogen-bond acceptors (Lipinski definition) is 4. The maximum atomic E-state index is 12.0. The van der Waals surface area contributed by atoms with Crippen molar-refractivity contribution in [1.29, 1.82) is 0 Å². The van der Waals surface area contributed by atoms with Crippen LogP contribution in [0.1, 0.15) is 17.3 Å². The summed E-state index contributed by atoms with van der Waals surface area (Å²) in [6, 6.07) is 8.73. The predicted molar refractivity (Wildman–Crippen MR) is 70.6 cm³/mol. The summed E-state index contributed by atoms with van der Waals surface area (Å²) in [7, 11) is 0. The molecule has 5 nitrogen and oxygen atoms in total. The first-order valence-corrected chi connectivity index (χ1v) is 5.72. The summed E-state index contributed by atoms with van der Waals surface area (Å²) in [4.78, 5) is 20.1. The van der Waals surface area contributed by atoms with Gasteiger partial charge >= 0.3 is 0 Å². The fourth-order valence-corrected chi connectivity index (χ4v) is 1.47. The Kier molecular flexibility index (Phi) is 3.86. The fraction of sp³-hybridized carbons (Fsp3) is 0.154. The second-order valence-electron chi connectivity index (χ2n) is 3.63. The molecule has 2 rings (SSSR count). The second-order valence-corrected chi connectivity index (χ2v) is 3.63. The Balaban J connectivity index is 2.11. The number of nitrogens with zero attached hydrogens (tertiary/aromatic N) is 2. The summed E-state index contributed by atoms with van der Waals surface area (Å²) in [5.74, 6) is 1.02. The normalized spacial score (nSPS) is 9.83. The molecule has 0 bridgehead atoms. The molecule has 0 atom stereocenters. The largest absolute Gasteiger partial charge is 0.370 e. The molecule has 18 heavy (non-hydrogen) atoms. The van der Waals surface area contributed by atoms with Crippen LogP contribution < -0.4 is 10.6 Å². The van der Waals surface area contributed by atoms with Crippen LogP contribution in [-0.4, -0.2) is 22.4 Å². The van der Waals surface area contributed by atoms with Gasteiger partial charge < -0.3 is 10.6 Å². The van der Waals surface area contributed by atoms with Gasteiger partial charge in [-0.05, 0) is 31.2 Å². The zero-order valence-corrected chi connectivity index (χ0v) is 10.1. The van der Waals surface area contributed by atoms with Crippen LogP contribution in [0.15, 0.2) is 42.7 Å². The molecule has 2 aromatic rings. The summed E-state index contributed by atoms with van der Waals surface area (Å²) in [5, 5.41) is 5.78. The van der Waals surface area contributed by atoms with Gasteiger partial charge in [-0.1, -0.05) is 6.07 Å². The highest BCUT2D eigenvalue weighted by molar-refractivity contribution is 6.04. The molecule has 0 unspecified atom stereocenters. The molecular formula is C13H14N4O. The van der Waals surface area contributed by atoms with E-state index < -0.39 is 0 Å². The van der Waals surface area contributed by atoms with Gasteiger partial charge in [0.25, 0.3) is 5.91 Å². The van der Waals surface area contributed by atoms with Crippen molar-refractivity contribution in [2.75, 3.05) is 17.2 Å². The molecule has 0 fully saturated rings. The lowest BCUT2D eigenvalue weighted by Gasteiger charge is -2.06. The lowest BCUT2D eigenvalue weighted by Crippen LogP contribution is -2.13. The number of rotatable bonds is 4. The third-order valence-electron chi connectivity index (χ3n) is 2.29. The molecule has 0 saturated carbocycles. The number of amides is 1. The van der Waals surface area contributed by atoms with E-state index in [0.717, 1.165) is 6.54 Å². The number of hydrogen-bond donors (Lipinski definition) is 2. The molecule has 0 radical (unpaired) electrons. The van der Waals surface area contributed by atoms with E-state index in [-0.39, 0.29) is 5.91 Å². The van der Waals surface area contributed by atoms with Crippen LogP contribution in [0, 0.1) is 0 Å². The predicted octanol–water partition coefficient (Wildman–Crippen LogP) is 2.16. The molecule has 92 valence electrons. The van der Waals surface area contributed by atoms with E-state index in [1.807, 2.05) is 13.0 Å². The van der Waals surface area contributed by atoms with Gasteiger partial charge in [0.2, 0.25) is 0 Å². The average molecular weight is 242 g/mol. The molecule has 2 N–H and O–H groups in total. The second kappa shape index (κ2) is 5.77. The standard InChI is InChI=1S/C13H14N4O/c1-2-14-12-9-10(6-8-16-12)13(18)17-11-5-3-4-7-15-11/h3-9H,2H2,1H3,(H,14,16)(H,15,17,18). The molecular weight excluding hydrogens is 228 g/mol. The van der Waals surface area contributed by atoms with E-state index in [1.165, 1.54) is 0 Å². The van der Waals surface area contributed by atoms with E-state index >= 15 is 0 Å². The van der Waals surface area contributed by atoms with Gasteiger partial charge in [0.1, 0.15) is 11.6 Å². The summed E-state index contributed by atoms with van der Waals surface area (Å²) < 4.78 is 0. The Hall–Kier alpha value is -2.43. The molecule has 0 aliphatic heterocycles.